The van der Waals surface area contributed by atoms with Gasteiger partial charge in [-0.15, -0.1) is 0 Å². The van der Waals surface area contributed by atoms with Crippen LogP contribution in [0.2, 0.25) is 0 Å². The minimum atomic E-state index is -0.0240. The normalized spacial score (nSPS) is 24.7. The summed E-state index contributed by atoms with van der Waals surface area (Å²) in [6.07, 6.45) is 6.55. The van der Waals surface area contributed by atoms with E-state index in [1.54, 1.807) is 11.2 Å². The van der Waals surface area contributed by atoms with Crippen LogP contribution in [0.1, 0.15) is 49.3 Å². The predicted molar refractivity (Wildman–Crippen MR) is 115 cm³/mol. The first-order valence-electron chi connectivity index (χ1n) is 11.5. The first kappa shape index (κ1) is 20.3. The molecule has 5 rings (SSSR count). The first-order valence-corrected chi connectivity index (χ1v) is 11.5. The minimum absolute atomic E-state index is 0.00693. The molecule has 3 atom stereocenters. The van der Waals surface area contributed by atoms with Gasteiger partial charge in [-0.3, -0.25) is 9.59 Å². The molecule has 2 saturated carbocycles. The molecule has 6 nitrogen and oxygen atoms in total. The number of benzene rings is 1. The number of amides is 2. The Morgan fingerprint density at radius 2 is 1.87 bits per heavy atom. The van der Waals surface area contributed by atoms with E-state index < -0.39 is 0 Å². The van der Waals surface area contributed by atoms with Crippen LogP contribution in [-0.2, 0) is 20.9 Å². The second-order valence-corrected chi connectivity index (χ2v) is 9.05. The number of carbonyl (C=O) groups is 2. The van der Waals surface area contributed by atoms with Crippen LogP contribution < -0.4 is 0 Å². The van der Waals surface area contributed by atoms with Gasteiger partial charge in [0.15, 0.2) is 0 Å². The van der Waals surface area contributed by atoms with E-state index in [1.807, 2.05) is 35.2 Å². The standard InChI is InChI=1S/C25H30N2O4/c28-24(26(15-20-8-4-12-30-20)16-21-9-5-13-31-21)17-27(19-10-11-19)25(29)23-14-22(23)18-6-2-1-3-7-18/h1-4,6-8,12,19,21-23H,5,9-11,13-17H2. The molecule has 164 valence electrons. The monoisotopic (exact) mass is 422 g/mol. The van der Waals surface area contributed by atoms with E-state index in [0.717, 1.165) is 44.5 Å². The molecule has 0 spiro atoms. The van der Waals surface area contributed by atoms with E-state index in [2.05, 4.69) is 12.1 Å². The second kappa shape index (κ2) is 8.87. The number of nitrogens with zero attached hydrogens (tertiary/aromatic N) is 2. The third-order valence-electron chi connectivity index (χ3n) is 6.64. The highest BCUT2D eigenvalue weighted by molar-refractivity contribution is 5.88. The van der Waals surface area contributed by atoms with E-state index in [0.29, 0.717) is 13.1 Å². The van der Waals surface area contributed by atoms with Crippen molar-refractivity contribution in [1.82, 2.24) is 9.80 Å². The molecule has 2 aromatic rings. The van der Waals surface area contributed by atoms with Crippen LogP contribution in [0.25, 0.3) is 0 Å². The molecule has 3 aliphatic rings. The second-order valence-electron chi connectivity index (χ2n) is 9.05. The van der Waals surface area contributed by atoms with Crippen molar-refractivity contribution in [3.63, 3.8) is 0 Å². The Balaban J connectivity index is 1.25. The highest BCUT2D eigenvalue weighted by Gasteiger charge is 2.48. The van der Waals surface area contributed by atoms with Gasteiger partial charge in [-0.2, -0.15) is 0 Å². The summed E-state index contributed by atoms with van der Waals surface area (Å²) in [6.45, 7) is 1.86. The molecule has 0 bridgehead atoms. The Bertz CT molecular complexity index is 888. The van der Waals surface area contributed by atoms with Crippen LogP contribution in [-0.4, -0.2) is 53.5 Å². The molecule has 1 saturated heterocycles. The zero-order valence-corrected chi connectivity index (χ0v) is 17.8. The highest BCUT2D eigenvalue weighted by atomic mass is 16.5. The topological polar surface area (TPSA) is 63.0 Å². The highest BCUT2D eigenvalue weighted by Crippen LogP contribution is 2.49. The number of hydrogen-bond acceptors (Lipinski definition) is 4. The van der Waals surface area contributed by atoms with Crippen LogP contribution >= 0.6 is 0 Å². The largest absolute Gasteiger partial charge is 0.467 e. The summed E-state index contributed by atoms with van der Waals surface area (Å²) in [5.74, 6) is 1.16. The van der Waals surface area contributed by atoms with Crippen molar-refractivity contribution in [3.05, 3.63) is 60.1 Å². The van der Waals surface area contributed by atoms with Gasteiger partial charge >= 0.3 is 0 Å². The molecule has 1 aromatic carbocycles. The summed E-state index contributed by atoms with van der Waals surface area (Å²) < 4.78 is 11.3. The van der Waals surface area contributed by atoms with Gasteiger partial charge in [-0.25, -0.2) is 0 Å². The molecule has 2 heterocycles. The summed E-state index contributed by atoms with van der Waals surface area (Å²) in [6, 6.07) is 14.2. The fourth-order valence-electron chi connectivity index (χ4n) is 4.65. The Labute approximate surface area is 183 Å². The van der Waals surface area contributed by atoms with Gasteiger partial charge < -0.3 is 19.0 Å². The van der Waals surface area contributed by atoms with E-state index in [9.17, 15) is 9.59 Å². The summed E-state index contributed by atoms with van der Waals surface area (Å²) >= 11 is 0. The lowest BCUT2D eigenvalue weighted by Crippen LogP contribution is -2.46. The van der Waals surface area contributed by atoms with Crippen molar-refractivity contribution in [2.45, 2.75) is 56.7 Å². The molecule has 0 N–H and O–H groups in total. The third-order valence-corrected chi connectivity index (χ3v) is 6.64. The van der Waals surface area contributed by atoms with Gasteiger partial charge in [0.2, 0.25) is 11.8 Å². The molecule has 6 heteroatoms. The summed E-state index contributed by atoms with van der Waals surface area (Å²) in [5.41, 5.74) is 1.22. The average molecular weight is 423 g/mol. The van der Waals surface area contributed by atoms with Gasteiger partial charge in [-0.05, 0) is 55.7 Å². The summed E-state index contributed by atoms with van der Waals surface area (Å²) in [5, 5.41) is 0. The Morgan fingerprint density at radius 1 is 1.03 bits per heavy atom. The number of ether oxygens (including phenoxy) is 1. The maximum Gasteiger partial charge on any atom is 0.242 e. The smallest absolute Gasteiger partial charge is 0.242 e. The molecular weight excluding hydrogens is 392 g/mol. The van der Waals surface area contributed by atoms with Crippen molar-refractivity contribution in [3.8, 4) is 0 Å². The molecule has 1 aromatic heterocycles. The molecule has 3 fully saturated rings. The summed E-state index contributed by atoms with van der Waals surface area (Å²) in [7, 11) is 0. The van der Waals surface area contributed by atoms with Crippen molar-refractivity contribution in [2.24, 2.45) is 5.92 Å². The van der Waals surface area contributed by atoms with Crippen molar-refractivity contribution < 1.29 is 18.7 Å². The molecular formula is C25H30N2O4. The van der Waals surface area contributed by atoms with E-state index in [1.165, 1.54) is 5.56 Å². The first-order chi connectivity index (χ1) is 15.2. The molecule has 3 unspecified atom stereocenters. The third kappa shape index (κ3) is 4.85. The molecule has 2 amide bonds. The Morgan fingerprint density at radius 3 is 2.55 bits per heavy atom. The maximum absolute atomic E-state index is 13.3. The maximum atomic E-state index is 13.3. The fourth-order valence-corrected chi connectivity index (χ4v) is 4.65. The molecule has 31 heavy (non-hydrogen) atoms. The lowest BCUT2D eigenvalue weighted by molar-refractivity contribution is -0.143. The van der Waals surface area contributed by atoms with Gasteiger partial charge in [0.05, 0.1) is 18.9 Å². The van der Waals surface area contributed by atoms with Crippen LogP contribution in [0, 0.1) is 5.92 Å². The van der Waals surface area contributed by atoms with Crippen molar-refractivity contribution >= 4 is 11.8 Å². The fraction of sp³-hybridized carbons (Fsp3) is 0.520. The molecule has 1 aliphatic heterocycles. The number of hydrogen-bond donors (Lipinski definition) is 0. The zero-order chi connectivity index (χ0) is 21.2. The quantitative estimate of drug-likeness (QED) is 0.620. The Hall–Kier alpha value is -2.60. The predicted octanol–water partition coefficient (Wildman–Crippen LogP) is 3.58. The zero-order valence-electron chi connectivity index (χ0n) is 17.8. The van der Waals surface area contributed by atoms with E-state index in [4.69, 9.17) is 9.15 Å². The van der Waals surface area contributed by atoms with Crippen molar-refractivity contribution in [2.75, 3.05) is 19.7 Å². The van der Waals surface area contributed by atoms with Gasteiger partial charge in [0.25, 0.3) is 0 Å². The lowest BCUT2D eigenvalue weighted by Gasteiger charge is -2.29. The molecule has 2 aliphatic carbocycles. The van der Waals surface area contributed by atoms with Crippen LogP contribution in [0.3, 0.4) is 0 Å². The van der Waals surface area contributed by atoms with Crippen molar-refractivity contribution in [1.29, 1.82) is 0 Å². The van der Waals surface area contributed by atoms with Crippen LogP contribution in [0.4, 0.5) is 0 Å². The van der Waals surface area contributed by atoms with E-state index >= 15 is 0 Å². The lowest BCUT2D eigenvalue weighted by atomic mass is 10.1. The number of rotatable bonds is 9. The molecule has 0 radical (unpaired) electrons. The average Bonchev–Trinajstić information content (AvgIpc) is 3.68. The van der Waals surface area contributed by atoms with Gasteiger partial charge in [0, 0.05) is 25.1 Å². The summed E-state index contributed by atoms with van der Waals surface area (Å²) in [4.78, 5) is 30.3. The minimum Gasteiger partial charge on any atom is -0.467 e. The Kier molecular flexibility index (Phi) is 5.81. The number of furan rings is 1. The van der Waals surface area contributed by atoms with Crippen LogP contribution in [0.5, 0.6) is 0 Å². The van der Waals surface area contributed by atoms with Gasteiger partial charge in [0.1, 0.15) is 12.3 Å². The van der Waals surface area contributed by atoms with Crippen LogP contribution in [0.15, 0.2) is 53.1 Å². The van der Waals surface area contributed by atoms with Gasteiger partial charge in [-0.1, -0.05) is 30.3 Å². The SMILES string of the molecule is O=C(CN(C(=O)C1CC1c1ccccc1)C1CC1)N(Cc1ccco1)CC1CCCO1. The number of carbonyl (C=O) groups excluding carboxylic acids is 2. The van der Waals surface area contributed by atoms with E-state index in [-0.39, 0.29) is 42.3 Å².